The van der Waals surface area contributed by atoms with Crippen LogP contribution in [0.1, 0.15) is 39.7 Å². The maximum atomic E-state index is 13.0. The number of carbonyl (C=O) groups excluding carboxylic acids is 3. The quantitative estimate of drug-likeness (QED) is 0.388. The van der Waals surface area contributed by atoms with Crippen LogP contribution in [0.25, 0.3) is 0 Å². The zero-order valence-corrected chi connectivity index (χ0v) is 16.7. The molecule has 0 spiro atoms. The average molecular weight is 377 g/mol. The first-order valence-corrected chi connectivity index (χ1v) is 9.13. The van der Waals surface area contributed by atoms with Gasteiger partial charge in [0.05, 0.1) is 11.3 Å². The molecule has 3 amide bonds. The lowest BCUT2D eigenvalue weighted by Gasteiger charge is -2.33. The number of benzene rings is 1. The van der Waals surface area contributed by atoms with Gasteiger partial charge in [0.2, 0.25) is 17.7 Å². The normalized spacial score (nSPS) is 13.6. The highest BCUT2D eigenvalue weighted by Gasteiger charge is 2.42. The SMILES string of the molecule is CNC(=O)[C@H](Cc1ccccc1)NC(=O)[C@H](CC(C)C)C(C)(C)C(=O)NO. The van der Waals surface area contributed by atoms with Crippen LogP contribution in [0.15, 0.2) is 30.3 Å². The monoisotopic (exact) mass is 377 g/mol. The molecule has 1 rings (SSSR count). The van der Waals surface area contributed by atoms with E-state index >= 15 is 0 Å². The summed E-state index contributed by atoms with van der Waals surface area (Å²) < 4.78 is 0. The van der Waals surface area contributed by atoms with Crippen molar-refractivity contribution < 1.29 is 19.6 Å². The second-order valence-electron chi connectivity index (χ2n) is 7.71. The Labute approximate surface area is 160 Å². The Balaban J connectivity index is 3.06. The van der Waals surface area contributed by atoms with Gasteiger partial charge in [-0.3, -0.25) is 19.6 Å². The molecule has 1 aromatic carbocycles. The van der Waals surface area contributed by atoms with E-state index in [1.54, 1.807) is 19.3 Å². The van der Waals surface area contributed by atoms with Crippen LogP contribution in [0, 0.1) is 17.3 Å². The van der Waals surface area contributed by atoms with Crippen LogP contribution >= 0.6 is 0 Å². The van der Waals surface area contributed by atoms with E-state index in [2.05, 4.69) is 10.6 Å². The van der Waals surface area contributed by atoms with E-state index in [0.29, 0.717) is 12.8 Å². The van der Waals surface area contributed by atoms with Crippen molar-refractivity contribution in [3.8, 4) is 0 Å². The Morgan fingerprint density at radius 2 is 1.67 bits per heavy atom. The Hall–Kier alpha value is -2.41. The van der Waals surface area contributed by atoms with Gasteiger partial charge < -0.3 is 10.6 Å². The molecule has 0 fully saturated rings. The number of rotatable bonds is 9. The highest BCUT2D eigenvalue weighted by Crippen LogP contribution is 2.32. The molecular formula is C20H31N3O4. The van der Waals surface area contributed by atoms with Crippen molar-refractivity contribution in [2.75, 3.05) is 7.05 Å². The van der Waals surface area contributed by atoms with E-state index in [0.717, 1.165) is 5.56 Å². The summed E-state index contributed by atoms with van der Waals surface area (Å²) in [5.41, 5.74) is 1.42. The molecule has 0 heterocycles. The molecule has 0 aromatic heterocycles. The lowest BCUT2D eigenvalue weighted by Crippen LogP contribution is -2.53. The highest BCUT2D eigenvalue weighted by molar-refractivity contribution is 5.92. The van der Waals surface area contributed by atoms with Crippen LogP contribution < -0.4 is 16.1 Å². The van der Waals surface area contributed by atoms with Crippen molar-refractivity contribution in [1.82, 2.24) is 16.1 Å². The Bertz CT molecular complexity index is 644. The van der Waals surface area contributed by atoms with Gasteiger partial charge in [-0.2, -0.15) is 0 Å². The van der Waals surface area contributed by atoms with Gasteiger partial charge in [0.15, 0.2) is 0 Å². The van der Waals surface area contributed by atoms with Gasteiger partial charge in [-0.05, 0) is 17.9 Å². The first kappa shape index (κ1) is 22.6. The lowest BCUT2D eigenvalue weighted by atomic mass is 9.73. The predicted molar refractivity (Wildman–Crippen MR) is 103 cm³/mol. The van der Waals surface area contributed by atoms with Gasteiger partial charge in [-0.25, -0.2) is 5.48 Å². The minimum Gasteiger partial charge on any atom is -0.357 e. The van der Waals surface area contributed by atoms with Crippen molar-refractivity contribution in [3.63, 3.8) is 0 Å². The Kier molecular flexibility index (Phi) is 8.43. The van der Waals surface area contributed by atoms with Crippen molar-refractivity contribution in [3.05, 3.63) is 35.9 Å². The number of likely N-dealkylation sites (N-methyl/N-ethyl adjacent to an activating group) is 1. The zero-order chi connectivity index (χ0) is 20.6. The molecule has 0 saturated carbocycles. The fourth-order valence-corrected chi connectivity index (χ4v) is 3.01. The Morgan fingerprint density at radius 1 is 1.07 bits per heavy atom. The van der Waals surface area contributed by atoms with Crippen LogP contribution in [0.4, 0.5) is 0 Å². The molecule has 0 bridgehead atoms. The van der Waals surface area contributed by atoms with E-state index in [4.69, 9.17) is 5.21 Å². The molecule has 150 valence electrons. The molecule has 0 aliphatic rings. The van der Waals surface area contributed by atoms with Crippen molar-refractivity contribution in [2.24, 2.45) is 17.3 Å². The third-order valence-electron chi connectivity index (χ3n) is 4.74. The van der Waals surface area contributed by atoms with E-state index in [9.17, 15) is 14.4 Å². The number of hydroxylamine groups is 1. The maximum absolute atomic E-state index is 13.0. The molecule has 7 heteroatoms. The molecule has 2 atom stereocenters. The molecule has 0 radical (unpaired) electrons. The second-order valence-corrected chi connectivity index (χ2v) is 7.71. The summed E-state index contributed by atoms with van der Waals surface area (Å²) in [6.07, 6.45) is 0.783. The first-order valence-electron chi connectivity index (χ1n) is 9.13. The summed E-state index contributed by atoms with van der Waals surface area (Å²) in [5, 5.41) is 14.4. The lowest BCUT2D eigenvalue weighted by molar-refractivity contribution is -0.147. The fourth-order valence-electron chi connectivity index (χ4n) is 3.01. The van der Waals surface area contributed by atoms with Crippen molar-refractivity contribution in [2.45, 2.75) is 46.6 Å². The molecule has 1 aromatic rings. The number of nitrogens with one attached hydrogen (secondary N) is 3. The van der Waals surface area contributed by atoms with Crippen LogP contribution in [0.5, 0.6) is 0 Å². The van der Waals surface area contributed by atoms with E-state index in [1.807, 2.05) is 44.2 Å². The first-order chi connectivity index (χ1) is 12.6. The molecule has 0 unspecified atom stereocenters. The molecule has 27 heavy (non-hydrogen) atoms. The summed E-state index contributed by atoms with van der Waals surface area (Å²) in [6.45, 7) is 7.12. The molecule has 0 aliphatic heterocycles. The van der Waals surface area contributed by atoms with Gasteiger partial charge in [-0.1, -0.05) is 58.0 Å². The van der Waals surface area contributed by atoms with Crippen molar-refractivity contribution >= 4 is 17.7 Å². The third-order valence-corrected chi connectivity index (χ3v) is 4.74. The topological polar surface area (TPSA) is 108 Å². The number of carbonyl (C=O) groups is 3. The molecule has 4 N–H and O–H groups in total. The van der Waals surface area contributed by atoms with E-state index in [-0.39, 0.29) is 17.7 Å². The minimum absolute atomic E-state index is 0.152. The third kappa shape index (κ3) is 6.36. The summed E-state index contributed by atoms with van der Waals surface area (Å²) in [7, 11) is 1.52. The van der Waals surface area contributed by atoms with Crippen LogP contribution in [-0.4, -0.2) is 36.0 Å². The number of hydrogen-bond acceptors (Lipinski definition) is 4. The van der Waals surface area contributed by atoms with Gasteiger partial charge in [0.1, 0.15) is 6.04 Å². The zero-order valence-electron chi connectivity index (χ0n) is 16.7. The van der Waals surface area contributed by atoms with Crippen LogP contribution in [-0.2, 0) is 20.8 Å². The summed E-state index contributed by atoms with van der Waals surface area (Å²) in [4.78, 5) is 37.4. The van der Waals surface area contributed by atoms with E-state index in [1.165, 1.54) is 7.05 Å². The summed E-state index contributed by atoms with van der Waals surface area (Å²) >= 11 is 0. The highest BCUT2D eigenvalue weighted by atomic mass is 16.5. The molecule has 0 aliphatic carbocycles. The summed E-state index contributed by atoms with van der Waals surface area (Å²) in [6, 6.07) is 8.63. The smallest absolute Gasteiger partial charge is 0.249 e. The standard InChI is InChI=1S/C20H31N3O4/c1-13(2)11-15(20(3,4)19(26)23-27)17(24)22-16(18(25)21-5)12-14-9-7-6-8-10-14/h6-10,13,15-16,27H,11-12H2,1-5H3,(H,21,25)(H,22,24)(H,23,26)/t15-,16-/m0/s1. The van der Waals surface area contributed by atoms with Gasteiger partial charge in [0.25, 0.3) is 0 Å². The number of amides is 3. The molecular weight excluding hydrogens is 346 g/mol. The summed E-state index contributed by atoms with van der Waals surface area (Å²) in [5.74, 6) is -1.88. The number of hydrogen-bond donors (Lipinski definition) is 4. The Morgan fingerprint density at radius 3 is 2.15 bits per heavy atom. The van der Waals surface area contributed by atoms with Crippen LogP contribution in [0.3, 0.4) is 0 Å². The van der Waals surface area contributed by atoms with E-state index < -0.39 is 23.3 Å². The fraction of sp³-hybridized carbons (Fsp3) is 0.550. The van der Waals surface area contributed by atoms with Gasteiger partial charge in [-0.15, -0.1) is 0 Å². The second kappa shape index (κ2) is 10.1. The van der Waals surface area contributed by atoms with Crippen LogP contribution in [0.2, 0.25) is 0 Å². The molecule has 0 saturated heterocycles. The maximum Gasteiger partial charge on any atom is 0.249 e. The predicted octanol–water partition coefficient (Wildman–Crippen LogP) is 1.65. The minimum atomic E-state index is -1.14. The van der Waals surface area contributed by atoms with Gasteiger partial charge in [0, 0.05) is 13.5 Å². The van der Waals surface area contributed by atoms with Gasteiger partial charge >= 0.3 is 0 Å². The molecule has 7 nitrogen and oxygen atoms in total. The van der Waals surface area contributed by atoms with Crippen molar-refractivity contribution in [1.29, 1.82) is 0 Å². The average Bonchev–Trinajstić information content (AvgIpc) is 2.64. The largest absolute Gasteiger partial charge is 0.357 e.